The number of nitrogens with two attached hydrogens (primary N) is 1. The van der Waals surface area contributed by atoms with Crippen molar-refractivity contribution in [1.82, 2.24) is 9.80 Å². The summed E-state index contributed by atoms with van der Waals surface area (Å²) < 4.78 is 0. The van der Waals surface area contributed by atoms with E-state index in [0.717, 1.165) is 24.1 Å². The Balaban J connectivity index is 1.72. The Hall–Kier alpha value is -1.40. The molecule has 21 heavy (non-hydrogen) atoms. The second-order valence-electron chi connectivity index (χ2n) is 5.25. The van der Waals surface area contributed by atoms with E-state index in [1.54, 1.807) is 0 Å². The molecule has 1 aliphatic heterocycles. The Morgan fingerprint density at radius 2 is 1.81 bits per heavy atom. The summed E-state index contributed by atoms with van der Waals surface area (Å²) in [5.41, 5.74) is 5.44. The van der Waals surface area contributed by atoms with Gasteiger partial charge in [-0.3, -0.25) is 9.59 Å². The lowest BCUT2D eigenvalue weighted by molar-refractivity contribution is -0.132. The topological polar surface area (TPSA) is 66.6 Å². The highest BCUT2D eigenvalue weighted by Crippen LogP contribution is 2.14. The molecule has 2 amide bonds. The number of unbranched alkanes of at least 4 members (excludes halogenated alkanes) is 2. The Bertz CT molecular complexity index is 453. The molecule has 5 nitrogen and oxygen atoms in total. The summed E-state index contributed by atoms with van der Waals surface area (Å²) in [6.45, 7) is 3.24. The van der Waals surface area contributed by atoms with Crippen LogP contribution in [0.25, 0.3) is 0 Å². The molecule has 1 aliphatic rings. The first-order chi connectivity index (χ1) is 10.2. The Kier molecular flexibility index (Phi) is 6.20. The number of hydrogen-bond donors (Lipinski definition) is 1. The highest BCUT2D eigenvalue weighted by Gasteiger charge is 2.24. The minimum Gasteiger partial charge on any atom is -0.339 e. The number of hydrogen-bond acceptors (Lipinski definition) is 4. The Morgan fingerprint density at radius 3 is 2.43 bits per heavy atom. The van der Waals surface area contributed by atoms with Gasteiger partial charge in [-0.15, -0.1) is 11.3 Å². The number of rotatable bonds is 6. The van der Waals surface area contributed by atoms with Gasteiger partial charge in [0.15, 0.2) is 0 Å². The van der Waals surface area contributed by atoms with Crippen molar-refractivity contribution in [1.29, 1.82) is 0 Å². The van der Waals surface area contributed by atoms with E-state index in [1.165, 1.54) is 11.3 Å². The van der Waals surface area contributed by atoms with E-state index in [9.17, 15) is 9.59 Å². The van der Waals surface area contributed by atoms with Crippen LogP contribution in [0.5, 0.6) is 0 Å². The van der Waals surface area contributed by atoms with Gasteiger partial charge in [0.05, 0.1) is 4.88 Å². The zero-order valence-corrected chi connectivity index (χ0v) is 13.1. The van der Waals surface area contributed by atoms with E-state index in [4.69, 9.17) is 5.73 Å². The monoisotopic (exact) mass is 309 g/mol. The number of piperazine rings is 1. The maximum absolute atomic E-state index is 12.2. The lowest BCUT2D eigenvalue weighted by atomic mass is 10.1. The normalized spacial score (nSPS) is 15.3. The van der Waals surface area contributed by atoms with E-state index in [1.807, 2.05) is 27.3 Å². The van der Waals surface area contributed by atoms with Gasteiger partial charge in [0.1, 0.15) is 0 Å². The average molecular weight is 309 g/mol. The van der Waals surface area contributed by atoms with Gasteiger partial charge in [0.2, 0.25) is 5.91 Å². The second-order valence-corrected chi connectivity index (χ2v) is 6.20. The number of thiophene rings is 1. The fourth-order valence-electron chi connectivity index (χ4n) is 2.47. The SMILES string of the molecule is NCCCCCC(=O)N1CCN(C(=O)c2cccs2)CC1. The van der Waals surface area contributed by atoms with Crippen LogP contribution in [0.15, 0.2) is 17.5 Å². The van der Waals surface area contributed by atoms with Crippen LogP contribution in [0.1, 0.15) is 35.4 Å². The molecule has 2 rings (SSSR count). The van der Waals surface area contributed by atoms with Crippen molar-refractivity contribution in [2.75, 3.05) is 32.7 Å². The predicted molar refractivity (Wildman–Crippen MR) is 84.3 cm³/mol. The summed E-state index contributed by atoms with van der Waals surface area (Å²) in [6.07, 6.45) is 3.50. The Labute approximate surface area is 129 Å². The smallest absolute Gasteiger partial charge is 0.264 e. The fourth-order valence-corrected chi connectivity index (χ4v) is 3.16. The van der Waals surface area contributed by atoms with Gasteiger partial charge in [-0.05, 0) is 30.8 Å². The molecule has 0 bridgehead atoms. The molecule has 2 N–H and O–H groups in total. The molecule has 1 saturated heterocycles. The summed E-state index contributed by atoms with van der Waals surface area (Å²) in [5.74, 6) is 0.287. The van der Waals surface area contributed by atoms with Crippen LogP contribution in [0.2, 0.25) is 0 Å². The molecule has 1 aromatic rings. The summed E-state index contributed by atoms with van der Waals surface area (Å²) in [4.78, 5) is 28.7. The number of amides is 2. The van der Waals surface area contributed by atoms with E-state index in [0.29, 0.717) is 39.1 Å². The lowest BCUT2D eigenvalue weighted by Crippen LogP contribution is -2.50. The van der Waals surface area contributed by atoms with Gasteiger partial charge < -0.3 is 15.5 Å². The van der Waals surface area contributed by atoms with Crippen molar-refractivity contribution in [2.24, 2.45) is 5.73 Å². The molecular formula is C15H23N3O2S. The van der Waals surface area contributed by atoms with Crippen LogP contribution in [0, 0.1) is 0 Å². The van der Waals surface area contributed by atoms with Crippen molar-refractivity contribution >= 4 is 23.2 Å². The van der Waals surface area contributed by atoms with E-state index < -0.39 is 0 Å². The second kappa shape index (κ2) is 8.14. The maximum Gasteiger partial charge on any atom is 0.264 e. The molecular weight excluding hydrogens is 286 g/mol. The molecule has 0 aromatic carbocycles. The highest BCUT2D eigenvalue weighted by molar-refractivity contribution is 7.12. The van der Waals surface area contributed by atoms with E-state index in [-0.39, 0.29) is 11.8 Å². The molecule has 6 heteroatoms. The summed E-state index contributed by atoms with van der Waals surface area (Å²) >= 11 is 1.47. The van der Waals surface area contributed by atoms with E-state index >= 15 is 0 Å². The van der Waals surface area contributed by atoms with E-state index in [2.05, 4.69) is 0 Å². The third-order valence-electron chi connectivity index (χ3n) is 3.75. The van der Waals surface area contributed by atoms with Gasteiger partial charge in [-0.1, -0.05) is 12.5 Å². The Morgan fingerprint density at radius 1 is 1.10 bits per heavy atom. The molecule has 0 radical (unpaired) electrons. The third kappa shape index (κ3) is 4.54. The lowest BCUT2D eigenvalue weighted by Gasteiger charge is -2.34. The van der Waals surface area contributed by atoms with Gasteiger partial charge in [-0.25, -0.2) is 0 Å². The quantitative estimate of drug-likeness (QED) is 0.811. The molecule has 0 saturated carbocycles. The van der Waals surface area contributed by atoms with Crippen LogP contribution >= 0.6 is 11.3 Å². The van der Waals surface area contributed by atoms with Crippen LogP contribution in [-0.4, -0.2) is 54.3 Å². The molecule has 0 spiro atoms. The van der Waals surface area contributed by atoms with Crippen LogP contribution in [0.3, 0.4) is 0 Å². The highest BCUT2D eigenvalue weighted by atomic mass is 32.1. The molecule has 0 unspecified atom stereocenters. The molecule has 2 heterocycles. The summed E-state index contributed by atoms with van der Waals surface area (Å²) in [7, 11) is 0. The minimum atomic E-state index is 0.0834. The minimum absolute atomic E-state index is 0.0834. The van der Waals surface area contributed by atoms with Gasteiger partial charge in [0, 0.05) is 32.6 Å². The number of carbonyl (C=O) groups is 2. The first-order valence-electron chi connectivity index (χ1n) is 7.53. The first kappa shape index (κ1) is 16.0. The van der Waals surface area contributed by atoms with Crippen LogP contribution in [0.4, 0.5) is 0 Å². The molecule has 116 valence electrons. The third-order valence-corrected chi connectivity index (χ3v) is 4.60. The van der Waals surface area contributed by atoms with Crippen molar-refractivity contribution in [3.05, 3.63) is 22.4 Å². The van der Waals surface area contributed by atoms with Crippen LogP contribution in [-0.2, 0) is 4.79 Å². The summed E-state index contributed by atoms with van der Waals surface area (Å²) in [6, 6.07) is 3.74. The molecule has 1 fully saturated rings. The molecule has 0 atom stereocenters. The van der Waals surface area contributed by atoms with Crippen molar-refractivity contribution in [3.8, 4) is 0 Å². The largest absolute Gasteiger partial charge is 0.339 e. The zero-order chi connectivity index (χ0) is 15.1. The average Bonchev–Trinajstić information content (AvgIpc) is 3.05. The van der Waals surface area contributed by atoms with Gasteiger partial charge >= 0.3 is 0 Å². The molecule has 1 aromatic heterocycles. The standard InChI is InChI=1S/C15H23N3O2S/c16-7-3-1-2-6-14(19)17-8-10-18(11-9-17)15(20)13-5-4-12-21-13/h4-5,12H,1-3,6-11,16H2. The predicted octanol–water partition coefficient (Wildman–Crippen LogP) is 1.55. The van der Waals surface area contributed by atoms with Crippen molar-refractivity contribution in [2.45, 2.75) is 25.7 Å². The first-order valence-corrected chi connectivity index (χ1v) is 8.41. The van der Waals surface area contributed by atoms with Crippen LogP contribution < -0.4 is 5.73 Å². The molecule has 0 aliphatic carbocycles. The van der Waals surface area contributed by atoms with Gasteiger partial charge in [-0.2, -0.15) is 0 Å². The van der Waals surface area contributed by atoms with Crippen molar-refractivity contribution in [3.63, 3.8) is 0 Å². The number of carbonyl (C=O) groups excluding carboxylic acids is 2. The number of nitrogens with zero attached hydrogens (tertiary/aromatic N) is 2. The summed E-state index contributed by atoms with van der Waals surface area (Å²) in [5, 5.41) is 1.91. The van der Waals surface area contributed by atoms with Gasteiger partial charge in [0.25, 0.3) is 5.91 Å². The fraction of sp³-hybridized carbons (Fsp3) is 0.600. The van der Waals surface area contributed by atoms with Crippen molar-refractivity contribution < 1.29 is 9.59 Å². The maximum atomic E-state index is 12.2. The zero-order valence-electron chi connectivity index (χ0n) is 12.3.